The van der Waals surface area contributed by atoms with E-state index in [1.807, 2.05) is 12.1 Å². The molecular weight excluding hydrogens is 200 g/mol. The SMILES string of the molecule is CCNCc1cnn(-c2cccc(C)c2)n1. The maximum Gasteiger partial charge on any atom is 0.0969 e. The van der Waals surface area contributed by atoms with Crippen LogP contribution in [0.5, 0.6) is 0 Å². The van der Waals surface area contributed by atoms with Gasteiger partial charge in [0.05, 0.1) is 17.6 Å². The fourth-order valence-electron chi connectivity index (χ4n) is 1.51. The van der Waals surface area contributed by atoms with Crippen molar-refractivity contribution in [1.82, 2.24) is 20.3 Å². The lowest BCUT2D eigenvalue weighted by atomic mass is 10.2. The molecule has 0 aliphatic rings. The van der Waals surface area contributed by atoms with Crippen molar-refractivity contribution in [1.29, 1.82) is 0 Å². The maximum absolute atomic E-state index is 4.40. The molecule has 0 spiro atoms. The van der Waals surface area contributed by atoms with E-state index in [0.29, 0.717) is 0 Å². The van der Waals surface area contributed by atoms with E-state index in [1.165, 1.54) is 5.56 Å². The molecule has 0 bridgehead atoms. The molecule has 0 atom stereocenters. The standard InChI is InChI=1S/C12H16N4/c1-3-13-8-11-9-14-16(15-11)12-6-4-5-10(2)7-12/h4-7,9,13H,3,8H2,1-2H3. The molecule has 2 aromatic rings. The molecule has 1 N–H and O–H groups in total. The topological polar surface area (TPSA) is 42.7 Å². The lowest BCUT2D eigenvalue weighted by molar-refractivity contribution is 0.684. The number of nitrogens with one attached hydrogen (secondary N) is 1. The molecule has 16 heavy (non-hydrogen) atoms. The molecule has 0 aliphatic carbocycles. The Morgan fingerprint density at radius 1 is 1.38 bits per heavy atom. The van der Waals surface area contributed by atoms with Crippen LogP contribution in [0.25, 0.3) is 5.69 Å². The van der Waals surface area contributed by atoms with Crippen molar-refractivity contribution in [2.45, 2.75) is 20.4 Å². The second kappa shape index (κ2) is 4.90. The van der Waals surface area contributed by atoms with E-state index in [0.717, 1.165) is 24.5 Å². The van der Waals surface area contributed by atoms with Gasteiger partial charge in [-0.15, -0.1) is 0 Å². The maximum atomic E-state index is 4.40. The Kier molecular flexibility index (Phi) is 3.31. The van der Waals surface area contributed by atoms with E-state index in [2.05, 4.69) is 41.5 Å². The average molecular weight is 216 g/mol. The number of nitrogens with zero attached hydrogens (tertiary/aromatic N) is 3. The molecule has 0 fully saturated rings. The highest BCUT2D eigenvalue weighted by atomic mass is 15.5. The summed E-state index contributed by atoms with van der Waals surface area (Å²) in [5.41, 5.74) is 3.18. The Morgan fingerprint density at radius 3 is 3.00 bits per heavy atom. The third-order valence-corrected chi connectivity index (χ3v) is 2.33. The van der Waals surface area contributed by atoms with Gasteiger partial charge in [0, 0.05) is 6.54 Å². The quantitative estimate of drug-likeness (QED) is 0.845. The van der Waals surface area contributed by atoms with Crippen LogP contribution in [0.2, 0.25) is 0 Å². The molecule has 0 amide bonds. The Hall–Kier alpha value is -1.68. The van der Waals surface area contributed by atoms with Gasteiger partial charge in [0.1, 0.15) is 0 Å². The van der Waals surface area contributed by atoms with Gasteiger partial charge in [-0.3, -0.25) is 0 Å². The summed E-state index contributed by atoms with van der Waals surface area (Å²) in [7, 11) is 0. The Bertz CT molecular complexity index is 462. The van der Waals surface area contributed by atoms with Crippen molar-refractivity contribution in [3.05, 3.63) is 41.7 Å². The highest BCUT2D eigenvalue weighted by Gasteiger charge is 2.01. The van der Waals surface area contributed by atoms with Crippen LogP contribution >= 0.6 is 0 Å². The molecule has 0 saturated carbocycles. The molecule has 84 valence electrons. The van der Waals surface area contributed by atoms with Gasteiger partial charge in [0.15, 0.2) is 0 Å². The summed E-state index contributed by atoms with van der Waals surface area (Å²) in [4.78, 5) is 1.67. The molecule has 2 rings (SSSR count). The first-order chi connectivity index (χ1) is 7.79. The van der Waals surface area contributed by atoms with Gasteiger partial charge in [0.2, 0.25) is 0 Å². The first-order valence-corrected chi connectivity index (χ1v) is 5.48. The summed E-state index contributed by atoms with van der Waals surface area (Å²) in [6.45, 7) is 5.84. The summed E-state index contributed by atoms with van der Waals surface area (Å²) in [5.74, 6) is 0. The van der Waals surface area contributed by atoms with E-state index in [1.54, 1.807) is 11.0 Å². The van der Waals surface area contributed by atoms with Crippen molar-refractivity contribution in [2.24, 2.45) is 0 Å². The summed E-state index contributed by atoms with van der Waals surface area (Å²) in [6.07, 6.45) is 1.80. The van der Waals surface area contributed by atoms with Crippen LogP contribution in [0.3, 0.4) is 0 Å². The summed E-state index contributed by atoms with van der Waals surface area (Å²) in [6, 6.07) is 8.14. The highest BCUT2D eigenvalue weighted by molar-refractivity contribution is 5.33. The van der Waals surface area contributed by atoms with E-state index >= 15 is 0 Å². The normalized spacial score (nSPS) is 10.6. The molecular formula is C12H16N4. The lowest BCUT2D eigenvalue weighted by Crippen LogP contribution is -2.12. The van der Waals surface area contributed by atoms with Gasteiger partial charge < -0.3 is 5.32 Å². The third kappa shape index (κ3) is 2.46. The zero-order valence-electron chi connectivity index (χ0n) is 9.64. The molecule has 1 aromatic carbocycles. The van der Waals surface area contributed by atoms with Gasteiger partial charge in [-0.1, -0.05) is 19.1 Å². The minimum atomic E-state index is 0.766. The number of hydrogen-bond acceptors (Lipinski definition) is 3. The Balaban J connectivity index is 2.18. The molecule has 0 radical (unpaired) electrons. The zero-order valence-corrected chi connectivity index (χ0v) is 9.64. The van der Waals surface area contributed by atoms with Gasteiger partial charge >= 0.3 is 0 Å². The van der Waals surface area contributed by atoms with Crippen LogP contribution in [0.1, 0.15) is 18.2 Å². The van der Waals surface area contributed by atoms with Crippen molar-refractivity contribution >= 4 is 0 Å². The molecule has 4 heteroatoms. The van der Waals surface area contributed by atoms with Gasteiger partial charge in [-0.25, -0.2) is 0 Å². The Labute approximate surface area is 95.3 Å². The smallest absolute Gasteiger partial charge is 0.0969 e. The van der Waals surface area contributed by atoms with Crippen LogP contribution in [-0.4, -0.2) is 21.5 Å². The fraction of sp³-hybridized carbons (Fsp3) is 0.333. The van der Waals surface area contributed by atoms with Crippen LogP contribution in [0, 0.1) is 6.92 Å². The highest BCUT2D eigenvalue weighted by Crippen LogP contribution is 2.07. The van der Waals surface area contributed by atoms with Crippen LogP contribution in [0.4, 0.5) is 0 Å². The van der Waals surface area contributed by atoms with Crippen LogP contribution in [-0.2, 0) is 6.54 Å². The lowest BCUT2D eigenvalue weighted by Gasteiger charge is -2.00. The molecule has 0 saturated heterocycles. The van der Waals surface area contributed by atoms with E-state index in [-0.39, 0.29) is 0 Å². The number of hydrogen-bond donors (Lipinski definition) is 1. The fourth-order valence-corrected chi connectivity index (χ4v) is 1.51. The second-order valence-electron chi connectivity index (χ2n) is 3.74. The molecule has 1 aromatic heterocycles. The van der Waals surface area contributed by atoms with Gasteiger partial charge in [0.25, 0.3) is 0 Å². The van der Waals surface area contributed by atoms with E-state index < -0.39 is 0 Å². The minimum absolute atomic E-state index is 0.766. The number of aryl methyl sites for hydroxylation is 1. The van der Waals surface area contributed by atoms with E-state index in [4.69, 9.17) is 0 Å². The number of rotatable bonds is 4. The predicted octanol–water partition coefficient (Wildman–Crippen LogP) is 1.69. The minimum Gasteiger partial charge on any atom is -0.311 e. The van der Waals surface area contributed by atoms with Crippen molar-refractivity contribution in [2.75, 3.05) is 6.54 Å². The van der Waals surface area contributed by atoms with Crippen LogP contribution < -0.4 is 5.32 Å². The summed E-state index contributed by atoms with van der Waals surface area (Å²) in [5, 5.41) is 11.9. The largest absolute Gasteiger partial charge is 0.311 e. The van der Waals surface area contributed by atoms with Crippen molar-refractivity contribution in [3.63, 3.8) is 0 Å². The number of benzene rings is 1. The molecule has 0 aliphatic heterocycles. The monoisotopic (exact) mass is 216 g/mol. The van der Waals surface area contributed by atoms with Crippen LogP contribution in [0.15, 0.2) is 30.5 Å². The second-order valence-corrected chi connectivity index (χ2v) is 3.74. The van der Waals surface area contributed by atoms with Gasteiger partial charge in [-0.2, -0.15) is 15.0 Å². The summed E-state index contributed by atoms with van der Waals surface area (Å²) >= 11 is 0. The van der Waals surface area contributed by atoms with E-state index in [9.17, 15) is 0 Å². The molecule has 4 nitrogen and oxygen atoms in total. The summed E-state index contributed by atoms with van der Waals surface area (Å²) < 4.78 is 0. The van der Waals surface area contributed by atoms with Crippen molar-refractivity contribution < 1.29 is 0 Å². The average Bonchev–Trinajstić information content (AvgIpc) is 2.75. The zero-order chi connectivity index (χ0) is 11.4. The number of aromatic nitrogens is 3. The predicted molar refractivity (Wildman–Crippen MR) is 63.5 cm³/mol. The molecule has 0 unspecified atom stereocenters. The van der Waals surface area contributed by atoms with Crippen molar-refractivity contribution in [3.8, 4) is 5.69 Å². The third-order valence-electron chi connectivity index (χ3n) is 2.33. The first kappa shape index (κ1) is 10.8. The van der Waals surface area contributed by atoms with Gasteiger partial charge in [-0.05, 0) is 31.2 Å². The first-order valence-electron chi connectivity index (χ1n) is 5.48. The molecule has 1 heterocycles. The Morgan fingerprint density at radius 2 is 2.25 bits per heavy atom.